The predicted molar refractivity (Wildman–Crippen MR) is 84.5 cm³/mol. The number of nitriles is 1. The fourth-order valence-electron chi connectivity index (χ4n) is 1.79. The number of amides is 1. The van der Waals surface area contributed by atoms with Gasteiger partial charge in [0.2, 0.25) is 0 Å². The molecule has 0 radical (unpaired) electrons. The Morgan fingerprint density at radius 2 is 1.82 bits per heavy atom. The Balaban J connectivity index is 1.85. The zero-order chi connectivity index (χ0) is 15.8. The van der Waals surface area contributed by atoms with E-state index >= 15 is 0 Å². The van der Waals surface area contributed by atoms with Crippen molar-refractivity contribution < 1.29 is 9.53 Å². The first-order valence-electron chi connectivity index (χ1n) is 6.87. The molecule has 2 aromatic carbocycles. The smallest absolute Gasteiger partial charge is 0.257 e. The molecule has 0 aliphatic rings. The molecule has 0 saturated heterocycles. The van der Waals surface area contributed by atoms with Crippen molar-refractivity contribution in [3.05, 3.63) is 59.7 Å². The lowest BCUT2D eigenvalue weighted by Gasteiger charge is -2.09. The minimum atomic E-state index is -0.164. The second kappa shape index (κ2) is 7.70. The molecular formula is C17H17N3O2. The molecule has 2 N–H and O–H groups in total. The van der Waals surface area contributed by atoms with E-state index in [2.05, 4.69) is 16.7 Å². The molecule has 0 heterocycles. The number of carbonyl (C=O) groups is 1. The number of benzene rings is 2. The Bertz CT molecular complexity index is 658. The largest absolute Gasteiger partial charge is 0.484 e. The van der Waals surface area contributed by atoms with Crippen LogP contribution in [0.1, 0.15) is 11.1 Å². The molecule has 0 aromatic heterocycles. The van der Waals surface area contributed by atoms with Crippen molar-refractivity contribution in [2.75, 3.05) is 19.0 Å². The van der Waals surface area contributed by atoms with Crippen LogP contribution in [0.2, 0.25) is 0 Å². The van der Waals surface area contributed by atoms with Crippen LogP contribution in [-0.2, 0) is 11.3 Å². The average Bonchev–Trinajstić information content (AvgIpc) is 2.59. The Morgan fingerprint density at radius 1 is 1.14 bits per heavy atom. The third-order valence-electron chi connectivity index (χ3n) is 3.08. The van der Waals surface area contributed by atoms with Gasteiger partial charge in [0.15, 0.2) is 6.61 Å². The van der Waals surface area contributed by atoms with E-state index in [0.717, 1.165) is 11.3 Å². The summed E-state index contributed by atoms with van der Waals surface area (Å²) in [6.07, 6.45) is 0. The van der Waals surface area contributed by atoms with Gasteiger partial charge in [0.05, 0.1) is 11.6 Å². The highest BCUT2D eigenvalue weighted by Gasteiger charge is 2.00. The third kappa shape index (κ3) is 4.53. The van der Waals surface area contributed by atoms with E-state index in [1.807, 2.05) is 36.4 Å². The van der Waals surface area contributed by atoms with Crippen LogP contribution in [0.25, 0.3) is 0 Å². The van der Waals surface area contributed by atoms with Crippen molar-refractivity contribution in [2.24, 2.45) is 0 Å². The summed E-state index contributed by atoms with van der Waals surface area (Å²) in [5.74, 6) is 0.482. The maximum atomic E-state index is 11.1. The minimum absolute atomic E-state index is 0.00845. The number of ether oxygens (including phenoxy) is 1. The molecular weight excluding hydrogens is 278 g/mol. The quantitative estimate of drug-likeness (QED) is 0.857. The summed E-state index contributed by atoms with van der Waals surface area (Å²) in [6, 6.07) is 16.9. The van der Waals surface area contributed by atoms with Crippen molar-refractivity contribution in [3.63, 3.8) is 0 Å². The van der Waals surface area contributed by atoms with Gasteiger partial charge in [-0.3, -0.25) is 4.79 Å². The molecule has 22 heavy (non-hydrogen) atoms. The van der Waals surface area contributed by atoms with Crippen molar-refractivity contribution in [1.82, 2.24) is 5.32 Å². The first kappa shape index (κ1) is 15.4. The number of rotatable bonds is 6. The SMILES string of the molecule is CNC(=O)COc1ccc(NCc2ccc(C#N)cc2)cc1. The van der Waals surface area contributed by atoms with Gasteiger partial charge in [0.25, 0.3) is 5.91 Å². The number of carbonyl (C=O) groups excluding carboxylic acids is 1. The molecule has 5 nitrogen and oxygen atoms in total. The Morgan fingerprint density at radius 3 is 2.41 bits per heavy atom. The normalized spacial score (nSPS) is 9.64. The Hall–Kier alpha value is -3.00. The first-order valence-corrected chi connectivity index (χ1v) is 6.87. The van der Waals surface area contributed by atoms with E-state index in [9.17, 15) is 4.79 Å². The number of hydrogen-bond acceptors (Lipinski definition) is 4. The molecule has 0 aliphatic carbocycles. The van der Waals surface area contributed by atoms with Gasteiger partial charge in [-0.2, -0.15) is 5.26 Å². The van der Waals surface area contributed by atoms with E-state index in [0.29, 0.717) is 17.9 Å². The lowest BCUT2D eigenvalue weighted by molar-refractivity contribution is -0.122. The second-order valence-corrected chi connectivity index (χ2v) is 4.65. The summed E-state index contributed by atoms with van der Waals surface area (Å²) in [5, 5.41) is 14.5. The lowest BCUT2D eigenvalue weighted by atomic mass is 10.1. The second-order valence-electron chi connectivity index (χ2n) is 4.65. The summed E-state index contributed by atoms with van der Waals surface area (Å²) in [7, 11) is 1.57. The Labute approximate surface area is 129 Å². The highest BCUT2D eigenvalue weighted by Crippen LogP contribution is 2.16. The van der Waals surface area contributed by atoms with Gasteiger partial charge in [-0.15, -0.1) is 0 Å². The summed E-state index contributed by atoms with van der Waals surface area (Å²) in [5.41, 5.74) is 2.71. The summed E-state index contributed by atoms with van der Waals surface area (Å²) in [4.78, 5) is 11.1. The van der Waals surface area contributed by atoms with E-state index in [-0.39, 0.29) is 12.5 Å². The standard InChI is InChI=1S/C17H17N3O2/c1-19-17(21)12-22-16-8-6-15(7-9-16)20-11-14-4-2-13(10-18)3-5-14/h2-9,20H,11-12H2,1H3,(H,19,21). The Kier molecular flexibility index (Phi) is 5.38. The van der Waals surface area contributed by atoms with E-state index in [1.54, 1.807) is 19.2 Å². The van der Waals surface area contributed by atoms with Crippen LogP contribution in [0.5, 0.6) is 5.75 Å². The van der Waals surface area contributed by atoms with Crippen LogP contribution in [0.4, 0.5) is 5.69 Å². The van der Waals surface area contributed by atoms with Gasteiger partial charge in [0, 0.05) is 19.3 Å². The molecule has 0 aliphatic heterocycles. The molecule has 1 amide bonds. The van der Waals surface area contributed by atoms with Gasteiger partial charge < -0.3 is 15.4 Å². The topological polar surface area (TPSA) is 74.2 Å². The number of nitrogens with one attached hydrogen (secondary N) is 2. The summed E-state index contributed by atoms with van der Waals surface area (Å²) in [6.45, 7) is 0.679. The zero-order valence-corrected chi connectivity index (χ0v) is 12.3. The minimum Gasteiger partial charge on any atom is -0.484 e. The fraction of sp³-hybridized carbons (Fsp3) is 0.176. The van der Waals surface area contributed by atoms with E-state index in [4.69, 9.17) is 10.00 Å². The van der Waals surface area contributed by atoms with E-state index in [1.165, 1.54) is 0 Å². The van der Waals surface area contributed by atoms with Crippen LogP contribution < -0.4 is 15.4 Å². The van der Waals surface area contributed by atoms with Crippen LogP contribution in [0.3, 0.4) is 0 Å². The van der Waals surface area contributed by atoms with Crippen molar-refractivity contribution in [3.8, 4) is 11.8 Å². The van der Waals surface area contributed by atoms with Crippen molar-refractivity contribution in [2.45, 2.75) is 6.54 Å². The molecule has 112 valence electrons. The number of hydrogen-bond donors (Lipinski definition) is 2. The maximum absolute atomic E-state index is 11.1. The molecule has 5 heteroatoms. The third-order valence-corrected chi connectivity index (χ3v) is 3.08. The lowest BCUT2D eigenvalue weighted by Crippen LogP contribution is -2.24. The molecule has 2 rings (SSSR count). The predicted octanol–water partition coefficient (Wildman–Crippen LogP) is 2.30. The number of likely N-dealkylation sites (N-methyl/N-ethyl adjacent to an activating group) is 1. The molecule has 0 fully saturated rings. The van der Waals surface area contributed by atoms with Gasteiger partial charge in [-0.1, -0.05) is 12.1 Å². The molecule has 2 aromatic rings. The summed E-state index contributed by atoms with van der Waals surface area (Å²) >= 11 is 0. The van der Waals surface area contributed by atoms with Gasteiger partial charge in [-0.25, -0.2) is 0 Å². The first-order chi connectivity index (χ1) is 10.7. The van der Waals surface area contributed by atoms with Crippen molar-refractivity contribution >= 4 is 11.6 Å². The van der Waals surface area contributed by atoms with E-state index < -0.39 is 0 Å². The molecule has 0 spiro atoms. The molecule has 0 unspecified atom stereocenters. The molecule has 0 bridgehead atoms. The number of nitrogens with zero attached hydrogens (tertiary/aromatic N) is 1. The van der Waals surface area contributed by atoms with Crippen LogP contribution in [-0.4, -0.2) is 19.6 Å². The van der Waals surface area contributed by atoms with Crippen LogP contribution >= 0.6 is 0 Å². The van der Waals surface area contributed by atoms with Gasteiger partial charge in [-0.05, 0) is 42.0 Å². The van der Waals surface area contributed by atoms with Gasteiger partial charge >= 0.3 is 0 Å². The molecule has 0 atom stereocenters. The van der Waals surface area contributed by atoms with Crippen LogP contribution in [0.15, 0.2) is 48.5 Å². The number of anilines is 1. The molecule has 0 saturated carbocycles. The zero-order valence-electron chi connectivity index (χ0n) is 12.3. The van der Waals surface area contributed by atoms with Crippen LogP contribution in [0, 0.1) is 11.3 Å². The fourth-order valence-corrected chi connectivity index (χ4v) is 1.79. The highest BCUT2D eigenvalue weighted by atomic mass is 16.5. The maximum Gasteiger partial charge on any atom is 0.257 e. The highest BCUT2D eigenvalue weighted by molar-refractivity contribution is 5.77. The monoisotopic (exact) mass is 295 g/mol. The average molecular weight is 295 g/mol. The summed E-state index contributed by atoms with van der Waals surface area (Å²) < 4.78 is 5.33. The van der Waals surface area contributed by atoms with Crippen molar-refractivity contribution in [1.29, 1.82) is 5.26 Å². The van der Waals surface area contributed by atoms with Gasteiger partial charge in [0.1, 0.15) is 5.75 Å².